The van der Waals surface area contributed by atoms with Crippen LogP contribution >= 0.6 is 7.14 Å². The van der Waals surface area contributed by atoms with Crippen LogP contribution in [0.2, 0.25) is 0 Å². The average molecular weight is 889 g/mol. The van der Waals surface area contributed by atoms with Crippen molar-refractivity contribution in [3.63, 3.8) is 0 Å². The van der Waals surface area contributed by atoms with Crippen molar-refractivity contribution in [2.24, 2.45) is 0 Å². The van der Waals surface area contributed by atoms with Gasteiger partial charge in [-0.2, -0.15) is 0 Å². The van der Waals surface area contributed by atoms with E-state index in [0.717, 1.165) is 121 Å². The summed E-state index contributed by atoms with van der Waals surface area (Å²) in [4.78, 5) is 30.6. The fraction of sp³-hybridized carbons (Fsp3) is 0. The van der Waals surface area contributed by atoms with Gasteiger partial charge in [0, 0.05) is 82.9 Å². The Labute approximate surface area is 390 Å². The van der Waals surface area contributed by atoms with Crippen LogP contribution < -0.4 is 15.9 Å². The quantitative estimate of drug-likeness (QED) is 0.116. The number of fused-ring (bicyclic) bond motifs is 9. The number of nitrogens with zero attached hydrogens (tertiary/aromatic N) is 6. The Kier molecular flexibility index (Phi) is 9.30. The van der Waals surface area contributed by atoms with Crippen LogP contribution in [0.5, 0.6) is 0 Å². The summed E-state index contributed by atoms with van der Waals surface area (Å²) in [7, 11) is -3.42. The van der Waals surface area contributed by atoms with E-state index in [-0.39, 0.29) is 0 Å². The highest BCUT2D eigenvalue weighted by molar-refractivity contribution is 7.85. The van der Waals surface area contributed by atoms with E-state index >= 15 is 4.57 Å². The predicted octanol–water partition coefficient (Wildman–Crippen LogP) is 13.3. The summed E-state index contributed by atoms with van der Waals surface area (Å²) in [5, 5.41) is 8.24. The van der Waals surface area contributed by atoms with Gasteiger partial charge in [-0.1, -0.05) is 152 Å². The fourth-order valence-electron chi connectivity index (χ4n) is 9.51. The molecule has 6 heterocycles. The van der Waals surface area contributed by atoms with Crippen molar-refractivity contribution in [2.45, 2.75) is 0 Å². The molecule has 0 amide bonds. The van der Waals surface area contributed by atoms with Gasteiger partial charge in [0.2, 0.25) is 0 Å². The molecule has 0 fully saturated rings. The molecule has 318 valence electrons. The lowest BCUT2D eigenvalue weighted by Gasteiger charge is -2.22. The van der Waals surface area contributed by atoms with Crippen molar-refractivity contribution in [1.82, 2.24) is 29.9 Å². The van der Waals surface area contributed by atoms with Crippen molar-refractivity contribution in [1.29, 1.82) is 0 Å². The Morgan fingerprint density at radius 2 is 0.603 bits per heavy atom. The Bertz CT molecular complexity index is 4160. The Balaban J connectivity index is 0.972. The maximum Gasteiger partial charge on any atom is 0.171 e. The van der Waals surface area contributed by atoms with Crippen LogP contribution in [0.4, 0.5) is 0 Å². The smallest absolute Gasteiger partial charge is 0.171 e. The minimum atomic E-state index is -3.42. The van der Waals surface area contributed by atoms with Gasteiger partial charge in [-0.05, 0) is 60.7 Å². The summed E-state index contributed by atoms with van der Waals surface area (Å²) >= 11 is 0. The first-order chi connectivity index (χ1) is 33.5. The molecule has 0 saturated carbocycles. The third kappa shape index (κ3) is 6.71. The molecule has 0 N–H and O–H groups in total. The van der Waals surface area contributed by atoms with Crippen LogP contribution in [0.3, 0.4) is 0 Å². The second-order valence-corrected chi connectivity index (χ2v) is 19.8. The van der Waals surface area contributed by atoms with E-state index in [1.807, 2.05) is 103 Å². The summed E-state index contributed by atoms with van der Waals surface area (Å²) in [5.74, 6) is 0. The van der Waals surface area contributed by atoms with E-state index in [9.17, 15) is 0 Å². The van der Waals surface area contributed by atoms with Crippen LogP contribution in [-0.2, 0) is 4.57 Å². The van der Waals surface area contributed by atoms with Gasteiger partial charge >= 0.3 is 0 Å². The van der Waals surface area contributed by atoms with Gasteiger partial charge in [0.05, 0.1) is 55.9 Å². The first-order valence-corrected chi connectivity index (χ1v) is 24.2. The van der Waals surface area contributed by atoms with Crippen molar-refractivity contribution in [3.05, 3.63) is 225 Å². The zero-order chi connectivity index (χ0) is 45.2. The van der Waals surface area contributed by atoms with E-state index < -0.39 is 7.14 Å². The van der Waals surface area contributed by atoms with Gasteiger partial charge in [0.1, 0.15) is 0 Å². The molecular formula is C60H37N6OP. The predicted molar refractivity (Wildman–Crippen MR) is 279 cm³/mol. The summed E-state index contributed by atoms with van der Waals surface area (Å²) in [6, 6.07) is 71.3. The second-order valence-electron chi connectivity index (χ2n) is 17.0. The van der Waals surface area contributed by atoms with Crippen molar-refractivity contribution in [3.8, 4) is 45.0 Å². The van der Waals surface area contributed by atoms with E-state index in [4.69, 9.17) is 24.9 Å². The van der Waals surface area contributed by atoms with Crippen LogP contribution in [-0.4, -0.2) is 29.9 Å². The van der Waals surface area contributed by atoms with Gasteiger partial charge in [0.15, 0.2) is 7.14 Å². The highest BCUT2D eigenvalue weighted by Gasteiger charge is 2.31. The largest absolute Gasteiger partial charge is 0.309 e. The fourth-order valence-corrected chi connectivity index (χ4v) is 12.2. The van der Waals surface area contributed by atoms with E-state index in [1.54, 1.807) is 6.20 Å². The third-order valence-corrected chi connectivity index (χ3v) is 16.0. The number of hydrogen-bond acceptors (Lipinski definition) is 7. The number of hydrogen-bond donors (Lipinski definition) is 0. The van der Waals surface area contributed by atoms with Crippen molar-refractivity contribution < 1.29 is 4.57 Å². The molecule has 13 aromatic rings. The standard InChI is InChI=1S/C60H37N6OP/c67-68(48-14-3-1-4-15-48,49-16-5-2-6-17-49)50-36-46(53-30-26-41-21-19-39-13-9-33-62-56(39)58(41)65-53)35-47(37-50)54-31-27-43-23-22-42-25-29-52(64-59(42)60(43)66-54)45-11-7-10-44(34-45)51-28-24-40-20-18-38-12-8-32-61-55(38)57(40)63-51/h1-37H. The van der Waals surface area contributed by atoms with E-state index in [2.05, 4.69) is 120 Å². The topological polar surface area (TPSA) is 94.4 Å². The molecule has 0 bridgehead atoms. The molecular weight excluding hydrogens is 852 g/mol. The molecule has 7 aromatic carbocycles. The molecule has 0 spiro atoms. The monoisotopic (exact) mass is 888 g/mol. The van der Waals surface area contributed by atoms with Crippen LogP contribution in [0.15, 0.2) is 225 Å². The average Bonchev–Trinajstić information content (AvgIpc) is 3.42. The Hall–Kier alpha value is -8.77. The summed E-state index contributed by atoms with van der Waals surface area (Å²) in [6.07, 6.45) is 3.62. The minimum Gasteiger partial charge on any atom is -0.309 e. The van der Waals surface area contributed by atoms with E-state index in [0.29, 0.717) is 5.30 Å². The molecule has 0 aliphatic rings. The maximum atomic E-state index is 16.1. The third-order valence-electron chi connectivity index (χ3n) is 13.0. The molecule has 68 heavy (non-hydrogen) atoms. The number of aromatic nitrogens is 6. The van der Waals surface area contributed by atoms with Gasteiger partial charge in [-0.25, -0.2) is 19.9 Å². The van der Waals surface area contributed by atoms with Crippen molar-refractivity contribution >= 4 is 88.5 Å². The molecule has 0 saturated heterocycles. The van der Waals surface area contributed by atoms with Gasteiger partial charge in [0.25, 0.3) is 0 Å². The summed E-state index contributed by atoms with van der Waals surface area (Å²) in [6.45, 7) is 0. The number of rotatable bonds is 7. The molecule has 6 aromatic heterocycles. The highest BCUT2D eigenvalue weighted by atomic mass is 31.2. The lowest BCUT2D eigenvalue weighted by molar-refractivity contribution is 0.592. The van der Waals surface area contributed by atoms with Gasteiger partial charge in [-0.3, -0.25) is 9.97 Å². The molecule has 0 radical (unpaired) electrons. The molecule has 13 rings (SSSR count). The molecule has 0 aliphatic heterocycles. The lowest BCUT2D eigenvalue weighted by Crippen LogP contribution is -2.25. The minimum absolute atomic E-state index is 0.686. The molecule has 0 unspecified atom stereocenters. The van der Waals surface area contributed by atoms with Gasteiger partial charge < -0.3 is 4.57 Å². The Morgan fingerprint density at radius 1 is 0.265 bits per heavy atom. The zero-order valence-electron chi connectivity index (χ0n) is 36.4. The molecule has 0 atom stereocenters. The zero-order valence-corrected chi connectivity index (χ0v) is 37.3. The summed E-state index contributed by atoms with van der Waals surface area (Å²) in [5.41, 5.74) is 11.7. The van der Waals surface area contributed by atoms with Crippen molar-refractivity contribution in [2.75, 3.05) is 0 Å². The van der Waals surface area contributed by atoms with E-state index in [1.165, 1.54) is 0 Å². The lowest BCUT2D eigenvalue weighted by atomic mass is 10.0. The molecule has 0 aliphatic carbocycles. The van der Waals surface area contributed by atoms with Gasteiger partial charge in [-0.15, -0.1) is 0 Å². The highest BCUT2D eigenvalue weighted by Crippen LogP contribution is 2.44. The number of pyridine rings is 6. The van der Waals surface area contributed by atoms with Crippen LogP contribution in [0.1, 0.15) is 0 Å². The first kappa shape index (κ1) is 39.6. The normalized spacial score (nSPS) is 11.9. The first-order valence-electron chi connectivity index (χ1n) is 22.5. The SMILES string of the molecule is O=P(c1ccccc1)(c1ccccc1)c1cc(-c2ccc3ccc4cccnc4c3n2)cc(-c2ccc3ccc4ccc(-c5cccc(-c6ccc7ccc8cccnc8c7n6)c5)nc4c3n2)c1. The second kappa shape index (κ2) is 16.0. The Morgan fingerprint density at radius 3 is 1.01 bits per heavy atom. The van der Waals surface area contributed by atoms with Crippen LogP contribution in [0.25, 0.3) is 110 Å². The molecule has 8 heteroatoms. The summed E-state index contributed by atoms with van der Waals surface area (Å²) < 4.78 is 16.1. The maximum absolute atomic E-state index is 16.1. The van der Waals surface area contributed by atoms with Crippen LogP contribution in [0, 0.1) is 0 Å². The number of benzene rings is 7. The molecule has 7 nitrogen and oxygen atoms in total.